The first-order valence-corrected chi connectivity index (χ1v) is 6.77. The largest absolute Gasteiger partial charge is 0.299 e. The Bertz CT molecular complexity index is 412. The van der Waals surface area contributed by atoms with Crippen LogP contribution in [0.5, 0.6) is 0 Å². The van der Waals surface area contributed by atoms with E-state index in [9.17, 15) is 4.79 Å². The van der Waals surface area contributed by atoms with Crippen LogP contribution >= 0.6 is 0 Å². The van der Waals surface area contributed by atoms with Crippen molar-refractivity contribution in [2.45, 2.75) is 60.8 Å². The van der Waals surface area contributed by atoms with Crippen LogP contribution in [-0.2, 0) is 11.2 Å². The van der Waals surface area contributed by atoms with Crippen LogP contribution in [0.25, 0.3) is 0 Å². The predicted molar refractivity (Wildman–Crippen MR) is 78.1 cm³/mol. The summed E-state index contributed by atoms with van der Waals surface area (Å²) < 4.78 is 0. The zero-order chi connectivity index (χ0) is 13.9. The summed E-state index contributed by atoms with van der Waals surface area (Å²) in [5.41, 5.74) is 5.23. The van der Waals surface area contributed by atoms with Gasteiger partial charge in [0, 0.05) is 12.8 Å². The molecule has 0 fully saturated rings. The molecule has 0 unspecified atom stereocenters. The molecule has 0 aliphatic heterocycles. The Labute approximate surface area is 112 Å². The van der Waals surface area contributed by atoms with Gasteiger partial charge in [0.25, 0.3) is 0 Å². The van der Waals surface area contributed by atoms with Gasteiger partial charge in [-0.1, -0.05) is 38.5 Å². The molecule has 0 aliphatic rings. The Kier molecular flexibility index (Phi) is 4.72. The molecule has 0 aliphatic carbocycles. The average molecular weight is 246 g/mol. The number of aryl methyl sites for hydroxylation is 3. The second-order valence-corrected chi connectivity index (χ2v) is 6.65. The van der Waals surface area contributed by atoms with E-state index in [0.29, 0.717) is 18.6 Å². The van der Waals surface area contributed by atoms with E-state index in [1.807, 2.05) is 0 Å². The minimum Gasteiger partial charge on any atom is -0.299 e. The highest BCUT2D eigenvalue weighted by molar-refractivity contribution is 5.81. The van der Waals surface area contributed by atoms with Gasteiger partial charge in [0.15, 0.2) is 0 Å². The van der Waals surface area contributed by atoms with Crippen LogP contribution in [0, 0.1) is 26.2 Å². The number of ketones is 1. The fraction of sp³-hybridized carbons (Fsp3) is 0.588. The lowest BCUT2D eigenvalue weighted by atomic mass is 9.87. The second-order valence-electron chi connectivity index (χ2n) is 6.65. The quantitative estimate of drug-likeness (QED) is 0.761. The zero-order valence-corrected chi connectivity index (χ0v) is 12.7. The Hall–Kier alpha value is -1.11. The summed E-state index contributed by atoms with van der Waals surface area (Å²) in [6.45, 7) is 12.9. The van der Waals surface area contributed by atoms with Crippen molar-refractivity contribution < 1.29 is 4.79 Å². The van der Waals surface area contributed by atoms with Crippen molar-refractivity contribution in [3.05, 3.63) is 34.4 Å². The van der Waals surface area contributed by atoms with Gasteiger partial charge in [-0.15, -0.1) is 0 Å². The van der Waals surface area contributed by atoms with Gasteiger partial charge in [-0.25, -0.2) is 0 Å². The molecule has 0 radical (unpaired) electrons. The molecule has 0 spiro atoms. The van der Waals surface area contributed by atoms with Crippen molar-refractivity contribution in [2.24, 2.45) is 5.41 Å². The van der Waals surface area contributed by atoms with E-state index >= 15 is 0 Å². The van der Waals surface area contributed by atoms with Crippen molar-refractivity contribution in [2.75, 3.05) is 0 Å². The summed E-state index contributed by atoms with van der Waals surface area (Å²) in [6.07, 6.45) is 2.25. The molecule has 18 heavy (non-hydrogen) atoms. The molecule has 0 atom stereocenters. The van der Waals surface area contributed by atoms with Crippen LogP contribution in [-0.4, -0.2) is 5.78 Å². The van der Waals surface area contributed by atoms with E-state index in [1.54, 1.807) is 0 Å². The van der Waals surface area contributed by atoms with Gasteiger partial charge in [0.05, 0.1) is 0 Å². The topological polar surface area (TPSA) is 17.1 Å². The van der Waals surface area contributed by atoms with Crippen molar-refractivity contribution in [1.29, 1.82) is 0 Å². The van der Waals surface area contributed by atoms with Gasteiger partial charge in [0.2, 0.25) is 0 Å². The summed E-state index contributed by atoms with van der Waals surface area (Å²) in [5, 5.41) is 0. The average Bonchev–Trinajstić information content (AvgIpc) is 2.19. The Morgan fingerprint density at radius 3 is 2.00 bits per heavy atom. The van der Waals surface area contributed by atoms with Crippen molar-refractivity contribution in [1.82, 2.24) is 0 Å². The van der Waals surface area contributed by atoms with E-state index in [2.05, 4.69) is 53.7 Å². The molecule has 0 heterocycles. The lowest BCUT2D eigenvalue weighted by Crippen LogP contribution is -2.11. The minimum atomic E-state index is 0.243. The summed E-state index contributed by atoms with van der Waals surface area (Å²) in [6, 6.07) is 4.33. The molecule has 0 saturated carbocycles. The molecular formula is C17H26O. The molecule has 1 aromatic carbocycles. The van der Waals surface area contributed by atoms with Crippen LogP contribution in [0.15, 0.2) is 12.1 Å². The molecule has 1 nitrogen and oxygen atoms in total. The Morgan fingerprint density at radius 1 is 1.06 bits per heavy atom. The molecule has 0 aromatic heterocycles. The van der Waals surface area contributed by atoms with Gasteiger partial charge >= 0.3 is 0 Å². The first-order valence-electron chi connectivity index (χ1n) is 6.77. The van der Waals surface area contributed by atoms with Gasteiger partial charge < -0.3 is 0 Å². The highest BCUT2D eigenvalue weighted by Crippen LogP contribution is 2.22. The minimum absolute atomic E-state index is 0.243. The van der Waals surface area contributed by atoms with Crippen LogP contribution in [0.3, 0.4) is 0 Å². The number of rotatable bonds is 4. The normalized spacial score (nSPS) is 11.7. The van der Waals surface area contributed by atoms with Crippen LogP contribution in [0.2, 0.25) is 0 Å². The Morgan fingerprint density at radius 2 is 1.56 bits per heavy atom. The van der Waals surface area contributed by atoms with E-state index in [-0.39, 0.29) is 5.41 Å². The maximum Gasteiger partial charge on any atom is 0.137 e. The predicted octanol–water partition coefficient (Wildman–Crippen LogP) is 4.55. The number of Topliss-reactive ketones (excluding diaryl/α,β-unsaturated/α-hetero) is 1. The number of carbonyl (C=O) groups is 1. The number of carbonyl (C=O) groups excluding carboxylic acids is 1. The molecule has 1 heteroatoms. The molecule has 0 N–H and O–H groups in total. The van der Waals surface area contributed by atoms with Gasteiger partial charge in [-0.05, 0) is 49.3 Å². The SMILES string of the molecule is Cc1cc(C)c(CC(=O)CCC(C)(C)C)c(C)c1. The van der Waals surface area contributed by atoms with Crippen LogP contribution in [0.4, 0.5) is 0 Å². The van der Waals surface area contributed by atoms with Gasteiger partial charge in [-0.2, -0.15) is 0 Å². The maximum absolute atomic E-state index is 12.0. The molecule has 0 amide bonds. The van der Waals surface area contributed by atoms with E-state index < -0.39 is 0 Å². The number of hydrogen-bond acceptors (Lipinski definition) is 1. The molecular weight excluding hydrogens is 220 g/mol. The highest BCUT2D eigenvalue weighted by Gasteiger charge is 2.14. The fourth-order valence-corrected chi connectivity index (χ4v) is 2.29. The molecule has 0 saturated heterocycles. The second kappa shape index (κ2) is 5.69. The van der Waals surface area contributed by atoms with Crippen LogP contribution < -0.4 is 0 Å². The first kappa shape index (κ1) is 14.9. The molecule has 1 aromatic rings. The monoisotopic (exact) mass is 246 g/mol. The third-order valence-electron chi connectivity index (χ3n) is 3.37. The fourth-order valence-electron chi connectivity index (χ4n) is 2.29. The van der Waals surface area contributed by atoms with Gasteiger partial charge in [-0.3, -0.25) is 4.79 Å². The lowest BCUT2D eigenvalue weighted by Gasteiger charge is -2.17. The smallest absolute Gasteiger partial charge is 0.137 e. The summed E-state index contributed by atoms with van der Waals surface area (Å²) >= 11 is 0. The first-order chi connectivity index (χ1) is 8.19. The maximum atomic E-state index is 12.0. The number of benzene rings is 1. The summed E-state index contributed by atoms with van der Waals surface area (Å²) in [7, 11) is 0. The highest BCUT2D eigenvalue weighted by atomic mass is 16.1. The van der Waals surface area contributed by atoms with Crippen molar-refractivity contribution in [3.63, 3.8) is 0 Å². The number of hydrogen-bond donors (Lipinski definition) is 0. The molecule has 1 rings (SSSR count). The van der Waals surface area contributed by atoms with E-state index in [4.69, 9.17) is 0 Å². The van der Waals surface area contributed by atoms with Crippen molar-refractivity contribution >= 4 is 5.78 Å². The molecule has 0 bridgehead atoms. The zero-order valence-electron chi connectivity index (χ0n) is 12.7. The van der Waals surface area contributed by atoms with E-state index in [1.165, 1.54) is 22.3 Å². The Balaban J connectivity index is 2.71. The van der Waals surface area contributed by atoms with Crippen LogP contribution in [0.1, 0.15) is 55.9 Å². The lowest BCUT2D eigenvalue weighted by molar-refractivity contribution is -0.118. The summed E-state index contributed by atoms with van der Waals surface area (Å²) in [5.74, 6) is 0.361. The standard InChI is InChI=1S/C17H26O/c1-12-9-13(2)16(14(3)10-12)11-15(18)7-8-17(4,5)6/h9-10H,7-8,11H2,1-6H3. The molecule has 100 valence electrons. The third kappa shape index (κ3) is 4.64. The van der Waals surface area contributed by atoms with Crippen molar-refractivity contribution in [3.8, 4) is 0 Å². The van der Waals surface area contributed by atoms with Gasteiger partial charge in [0.1, 0.15) is 5.78 Å². The van der Waals surface area contributed by atoms with E-state index in [0.717, 1.165) is 6.42 Å². The third-order valence-corrected chi connectivity index (χ3v) is 3.37. The summed E-state index contributed by atoms with van der Waals surface area (Å²) in [4.78, 5) is 12.0.